The third-order valence-electron chi connectivity index (χ3n) is 7.41. The number of hydrogen-bond donors (Lipinski definition) is 3. The van der Waals surface area contributed by atoms with Crippen LogP contribution in [0.1, 0.15) is 55.2 Å². The molecule has 130 valence electrons. The molecule has 0 spiro atoms. The molecule has 4 heteroatoms. The number of nitrogens with two attached hydrogens (primary N) is 1. The van der Waals surface area contributed by atoms with Crippen LogP contribution in [0.3, 0.4) is 0 Å². The highest BCUT2D eigenvalue weighted by atomic mass is 16.3. The Morgan fingerprint density at radius 2 is 2.04 bits per heavy atom. The van der Waals surface area contributed by atoms with Crippen molar-refractivity contribution in [2.24, 2.45) is 28.9 Å². The predicted octanol–water partition coefficient (Wildman–Crippen LogP) is 2.63. The van der Waals surface area contributed by atoms with Crippen LogP contribution in [0.15, 0.2) is 12.1 Å². The lowest BCUT2D eigenvalue weighted by atomic mass is 9.52. The Labute approximate surface area is 143 Å². The van der Waals surface area contributed by atoms with Gasteiger partial charge in [0.1, 0.15) is 5.75 Å². The minimum absolute atomic E-state index is 0.0746. The molecule has 1 aromatic rings. The Bertz CT molecular complexity index is 700. The summed E-state index contributed by atoms with van der Waals surface area (Å²) in [7, 11) is 0. The molecule has 1 aromatic carbocycles. The number of rotatable bonds is 1. The molecule has 0 heterocycles. The molecule has 3 aliphatic rings. The van der Waals surface area contributed by atoms with Gasteiger partial charge in [-0.25, -0.2) is 0 Å². The van der Waals surface area contributed by atoms with Crippen LogP contribution in [0.5, 0.6) is 5.75 Å². The van der Waals surface area contributed by atoms with Gasteiger partial charge in [-0.1, -0.05) is 13.0 Å². The summed E-state index contributed by atoms with van der Waals surface area (Å²) in [6.45, 7) is 4.23. The van der Waals surface area contributed by atoms with Crippen LogP contribution in [-0.2, 0) is 11.2 Å². The van der Waals surface area contributed by atoms with Gasteiger partial charge in [0, 0.05) is 11.8 Å². The number of amides is 1. The van der Waals surface area contributed by atoms with Crippen LogP contribution in [0, 0.1) is 30.1 Å². The molecule has 4 N–H and O–H groups in total. The molecule has 3 unspecified atom stereocenters. The number of carbonyl (C=O) groups excluding carboxylic acids is 1. The first-order valence-corrected chi connectivity index (χ1v) is 9.13. The van der Waals surface area contributed by atoms with Crippen molar-refractivity contribution in [2.75, 3.05) is 0 Å². The third kappa shape index (κ3) is 1.98. The summed E-state index contributed by atoms with van der Waals surface area (Å²) in [4.78, 5) is 11.9. The van der Waals surface area contributed by atoms with E-state index >= 15 is 0 Å². The molecule has 1 amide bonds. The van der Waals surface area contributed by atoms with E-state index in [4.69, 9.17) is 5.73 Å². The second kappa shape index (κ2) is 5.22. The summed E-state index contributed by atoms with van der Waals surface area (Å²) < 4.78 is 0. The molecule has 0 radical (unpaired) electrons. The topological polar surface area (TPSA) is 83.5 Å². The van der Waals surface area contributed by atoms with Gasteiger partial charge < -0.3 is 15.9 Å². The molecule has 4 rings (SSSR count). The first kappa shape index (κ1) is 15.9. The molecular weight excluding hydrogens is 302 g/mol. The molecule has 2 fully saturated rings. The number of phenols is 1. The smallest absolute Gasteiger partial charge is 0.221 e. The predicted molar refractivity (Wildman–Crippen MR) is 91.5 cm³/mol. The number of fused-ring (bicyclic) bond motifs is 5. The highest BCUT2D eigenvalue weighted by Gasteiger charge is 2.59. The lowest BCUT2D eigenvalue weighted by Crippen LogP contribution is -2.50. The van der Waals surface area contributed by atoms with Gasteiger partial charge in [0.2, 0.25) is 5.91 Å². The van der Waals surface area contributed by atoms with Crippen molar-refractivity contribution in [1.82, 2.24) is 0 Å². The first-order valence-electron chi connectivity index (χ1n) is 9.13. The van der Waals surface area contributed by atoms with E-state index in [1.54, 1.807) is 6.07 Å². The van der Waals surface area contributed by atoms with E-state index in [0.717, 1.165) is 42.4 Å². The molecule has 3 aliphatic carbocycles. The van der Waals surface area contributed by atoms with E-state index in [-0.39, 0.29) is 23.2 Å². The number of primary amides is 1. The van der Waals surface area contributed by atoms with Gasteiger partial charge in [0.25, 0.3) is 0 Å². The van der Waals surface area contributed by atoms with Crippen LogP contribution < -0.4 is 5.73 Å². The Balaban J connectivity index is 1.79. The van der Waals surface area contributed by atoms with Crippen molar-refractivity contribution in [3.8, 4) is 5.75 Å². The van der Waals surface area contributed by atoms with E-state index in [9.17, 15) is 15.0 Å². The van der Waals surface area contributed by atoms with E-state index in [1.807, 2.05) is 6.07 Å². The lowest BCUT2D eigenvalue weighted by Gasteiger charge is -2.53. The summed E-state index contributed by atoms with van der Waals surface area (Å²) in [5.41, 5.74) is 8.81. The molecule has 0 bridgehead atoms. The molecule has 24 heavy (non-hydrogen) atoms. The lowest BCUT2D eigenvalue weighted by molar-refractivity contribution is -0.129. The fourth-order valence-corrected chi connectivity index (χ4v) is 6.44. The van der Waals surface area contributed by atoms with Crippen LogP contribution in [-0.4, -0.2) is 22.2 Å². The van der Waals surface area contributed by atoms with Gasteiger partial charge in [0.05, 0.1) is 6.10 Å². The number of hydrogen-bond acceptors (Lipinski definition) is 3. The van der Waals surface area contributed by atoms with Crippen molar-refractivity contribution < 1.29 is 15.0 Å². The maximum absolute atomic E-state index is 11.9. The quantitative estimate of drug-likeness (QED) is 0.740. The van der Waals surface area contributed by atoms with E-state index in [1.165, 1.54) is 0 Å². The standard InChI is InChI=1S/C20H27NO3/c1-10-3-8-15(22)12-5-4-11-13-6-7-14(19(21)24)20(13,2)9-16(23)18(11)17(10)12/h3,8,11,13-14,16,18,22-23H,4-7,9H2,1-2H3,(H2,21,24)/t11?,13?,14-,16+,18?,20+/m1/s1. The van der Waals surface area contributed by atoms with Crippen LogP contribution in [0.25, 0.3) is 0 Å². The largest absolute Gasteiger partial charge is 0.508 e. The Kier molecular flexibility index (Phi) is 3.47. The van der Waals surface area contributed by atoms with Crippen molar-refractivity contribution in [2.45, 2.75) is 58.0 Å². The number of aromatic hydroxyl groups is 1. The maximum Gasteiger partial charge on any atom is 0.221 e. The average molecular weight is 329 g/mol. The minimum Gasteiger partial charge on any atom is -0.508 e. The van der Waals surface area contributed by atoms with Gasteiger partial charge in [-0.15, -0.1) is 0 Å². The maximum atomic E-state index is 11.9. The second-order valence-corrected chi connectivity index (χ2v) is 8.44. The van der Waals surface area contributed by atoms with Crippen LogP contribution in [0.2, 0.25) is 0 Å². The third-order valence-corrected chi connectivity index (χ3v) is 7.41. The molecule has 6 atom stereocenters. The van der Waals surface area contributed by atoms with E-state index in [0.29, 0.717) is 24.0 Å². The fraction of sp³-hybridized carbons (Fsp3) is 0.650. The number of phenolic OH excluding ortho intramolecular Hbond substituents is 1. The van der Waals surface area contributed by atoms with Crippen molar-refractivity contribution >= 4 is 5.91 Å². The number of benzene rings is 1. The average Bonchev–Trinajstić information content (AvgIpc) is 2.87. The molecule has 2 saturated carbocycles. The Hall–Kier alpha value is -1.55. The zero-order valence-electron chi connectivity index (χ0n) is 14.5. The van der Waals surface area contributed by atoms with Crippen molar-refractivity contribution in [1.29, 1.82) is 0 Å². The summed E-state index contributed by atoms with van der Waals surface area (Å²) in [6, 6.07) is 3.73. The van der Waals surface area contributed by atoms with Gasteiger partial charge >= 0.3 is 0 Å². The Morgan fingerprint density at radius 1 is 1.29 bits per heavy atom. The SMILES string of the molecule is Cc1ccc(O)c2c1C1C(CC2)C2CC[C@H](C(N)=O)[C@@]2(C)C[C@@H]1O. The van der Waals surface area contributed by atoms with Crippen LogP contribution in [0.4, 0.5) is 0 Å². The van der Waals surface area contributed by atoms with Crippen molar-refractivity contribution in [3.63, 3.8) is 0 Å². The number of carbonyl (C=O) groups is 1. The van der Waals surface area contributed by atoms with E-state index < -0.39 is 6.10 Å². The monoisotopic (exact) mass is 329 g/mol. The van der Waals surface area contributed by atoms with E-state index in [2.05, 4.69) is 13.8 Å². The zero-order valence-corrected chi connectivity index (χ0v) is 14.5. The number of aliphatic hydroxyl groups is 1. The molecule has 0 aromatic heterocycles. The van der Waals surface area contributed by atoms with Gasteiger partial charge in [-0.2, -0.15) is 0 Å². The minimum atomic E-state index is -0.476. The first-order chi connectivity index (χ1) is 11.3. The highest BCUT2D eigenvalue weighted by Crippen LogP contribution is 2.63. The zero-order chi connectivity index (χ0) is 17.2. The molecule has 0 saturated heterocycles. The van der Waals surface area contributed by atoms with Gasteiger partial charge in [-0.3, -0.25) is 4.79 Å². The fourth-order valence-electron chi connectivity index (χ4n) is 6.44. The second-order valence-electron chi connectivity index (χ2n) is 8.44. The molecular formula is C20H27NO3. The highest BCUT2D eigenvalue weighted by molar-refractivity contribution is 5.78. The summed E-state index contributed by atoms with van der Waals surface area (Å²) in [5.74, 6) is 0.899. The summed E-state index contributed by atoms with van der Waals surface area (Å²) in [6.07, 6.45) is 3.84. The molecule has 4 nitrogen and oxygen atoms in total. The Morgan fingerprint density at radius 3 is 2.75 bits per heavy atom. The normalized spacial score (nSPS) is 40.5. The van der Waals surface area contributed by atoms with Crippen molar-refractivity contribution in [3.05, 3.63) is 28.8 Å². The van der Waals surface area contributed by atoms with Gasteiger partial charge in [-0.05, 0) is 79.0 Å². The summed E-state index contributed by atoms with van der Waals surface area (Å²) in [5, 5.41) is 21.3. The van der Waals surface area contributed by atoms with Crippen LogP contribution >= 0.6 is 0 Å². The number of aryl methyl sites for hydroxylation is 1. The van der Waals surface area contributed by atoms with Gasteiger partial charge in [0.15, 0.2) is 0 Å². The molecule has 0 aliphatic heterocycles. The number of aliphatic hydroxyl groups excluding tert-OH is 1. The summed E-state index contributed by atoms with van der Waals surface area (Å²) >= 11 is 0.